The highest BCUT2D eigenvalue weighted by Gasteiger charge is 2.18. The number of rotatable bonds is 5. The van der Waals surface area contributed by atoms with Gasteiger partial charge in [-0.2, -0.15) is 4.98 Å². The third-order valence-electron chi connectivity index (χ3n) is 2.63. The van der Waals surface area contributed by atoms with E-state index in [1.54, 1.807) is 26.1 Å². The van der Waals surface area contributed by atoms with Gasteiger partial charge >= 0.3 is 5.69 Å². The number of nitrogens with zero attached hydrogens (tertiary/aromatic N) is 3. The first-order valence-electron chi connectivity index (χ1n) is 6.07. The second-order valence-corrected chi connectivity index (χ2v) is 4.11. The van der Waals surface area contributed by atoms with Gasteiger partial charge in [-0.05, 0) is 19.1 Å². The van der Waals surface area contributed by atoms with Crippen LogP contribution >= 0.6 is 0 Å². The molecule has 0 fully saturated rings. The van der Waals surface area contributed by atoms with E-state index in [2.05, 4.69) is 15.3 Å². The number of nitrogens with one attached hydrogen (secondary N) is 1. The molecule has 8 nitrogen and oxygen atoms in total. The van der Waals surface area contributed by atoms with Crippen LogP contribution in [-0.4, -0.2) is 29.0 Å². The first kappa shape index (κ1) is 14.5. The van der Waals surface area contributed by atoms with Crippen LogP contribution < -0.4 is 14.8 Å². The summed E-state index contributed by atoms with van der Waals surface area (Å²) in [6.45, 7) is 1.78. The minimum absolute atomic E-state index is 0.0842. The summed E-state index contributed by atoms with van der Waals surface area (Å²) in [4.78, 5) is 18.8. The molecular formula is C13H14N4O4. The van der Waals surface area contributed by atoms with Crippen LogP contribution in [0.2, 0.25) is 0 Å². The molecule has 0 saturated carbocycles. The van der Waals surface area contributed by atoms with Crippen LogP contribution in [0.3, 0.4) is 0 Å². The van der Waals surface area contributed by atoms with Crippen LogP contribution in [0.15, 0.2) is 24.3 Å². The number of hydrogen-bond acceptors (Lipinski definition) is 7. The lowest BCUT2D eigenvalue weighted by atomic mass is 10.3. The molecule has 0 aliphatic carbocycles. The zero-order valence-electron chi connectivity index (χ0n) is 11.8. The number of nitro benzene ring substituents is 1. The van der Waals surface area contributed by atoms with Crippen molar-refractivity contribution in [3.05, 3.63) is 40.1 Å². The summed E-state index contributed by atoms with van der Waals surface area (Å²) in [6, 6.07) is 5.93. The second-order valence-electron chi connectivity index (χ2n) is 4.11. The molecule has 0 unspecified atom stereocenters. The molecule has 8 heteroatoms. The number of hydrogen-bond donors (Lipinski definition) is 1. The predicted molar refractivity (Wildman–Crippen MR) is 76.0 cm³/mol. The lowest BCUT2D eigenvalue weighted by molar-refractivity contribution is -0.385. The monoisotopic (exact) mass is 290 g/mol. The van der Waals surface area contributed by atoms with Gasteiger partial charge in [0.2, 0.25) is 17.6 Å². The summed E-state index contributed by atoms with van der Waals surface area (Å²) < 4.78 is 10.5. The molecule has 0 atom stereocenters. The van der Waals surface area contributed by atoms with Crippen LogP contribution in [0, 0.1) is 17.0 Å². The van der Waals surface area contributed by atoms with E-state index in [0.717, 1.165) is 0 Å². The van der Waals surface area contributed by atoms with Gasteiger partial charge in [0, 0.05) is 18.8 Å². The van der Waals surface area contributed by atoms with Crippen LogP contribution in [-0.2, 0) is 0 Å². The van der Waals surface area contributed by atoms with Gasteiger partial charge in [0.15, 0.2) is 0 Å². The van der Waals surface area contributed by atoms with E-state index in [1.165, 1.54) is 19.2 Å². The summed E-state index contributed by atoms with van der Waals surface area (Å²) in [7, 11) is 3.11. The smallest absolute Gasteiger partial charge is 0.315 e. The molecule has 0 radical (unpaired) electrons. The molecule has 0 aliphatic heterocycles. The van der Waals surface area contributed by atoms with Crippen molar-refractivity contribution in [1.29, 1.82) is 0 Å². The van der Waals surface area contributed by atoms with Crippen LogP contribution in [0.4, 0.5) is 11.6 Å². The molecule has 2 aromatic rings. The minimum atomic E-state index is -0.537. The highest BCUT2D eigenvalue weighted by Crippen LogP contribution is 2.34. The predicted octanol–water partition coefficient (Wildman–Crippen LogP) is 2.54. The quantitative estimate of drug-likeness (QED) is 0.667. The van der Waals surface area contributed by atoms with E-state index in [-0.39, 0.29) is 17.3 Å². The summed E-state index contributed by atoms with van der Waals surface area (Å²) in [6.07, 6.45) is 0. The number of nitro groups is 1. The molecule has 1 aromatic heterocycles. The lowest BCUT2D eigenvalue weighted by Gasteiger charge is -2.08. The maximum atomic E-state index is 11.1. The Morgan fingerprint density at radius 3 is 2.67 bits per heavy atom. The first-order chi connectivity index (χ1) is 10.0. The molecule has 2 rings (SSSR count). The van der Waals surface area contributed by atoms with E-state index in [1.807, 2.05) is 0 Å². The number of methoxy groups -OCH3 is 1. The zero-order valence-corrected chi connectivity index (χ0v) is 11.8. The van der Waals surface area contributed by atoms with Crippen molar-refractivity contribution in [2.45, 2.75) is 6.92 Å². The number of aryl methyl sites for hydroxylation is 1. The Kier molecular flexibility index (Phi) is 4.17. The van der Waals surface area contributed by atoms with Crippen molar-refractivity contribution in [2.75, 3.05) is 19.5 Å². The molecule has 0 amide bonds. The topological polar surface area (TPSA) is 99.4 Å². The summed E-state index contributed by atoms with van der Waals surface area (Å²) in [5.41, 5.74) is 0.483. The maximum Gasteiger partial charge on any atom is 0.315 e. The van der Waals surface area contributed by atoms with E-state index >= 15 is 0 Å². The molecule has 0 aliphatic rings. The Bertz CT molecular complexity index is 675. The maximum absolute atomic E-state index is 11.1. The average Bonchev–Trinajstić information content (AvgIpc) is 2.46. The lowest BCUT2D eigenvalue weighted by Crippen LogP contribution is -2.01. The molecule has 110 valence electrons. The second kappa shape index (κ2) is 6.04. The van der Waals surface area contributed by atoms with Crippen LogP contribution in [0.25, 0.3) is 0 Å². The standard InChI is InChI=1S/C13H14N4O4/c1-8-6-12(16-13(14-2)15-8)21-11-5-4-9(20-3)7-10(11)17(18)19/h4-7H,1-3H3,(H,14,15,16). The van der Waals surface area contributed by atoms with Crippen molar-refractivity contribution in [3.63, 3.8) is 0 Å². The fourth-order valence-corrected chi connectivity index (χ4v) is 1.67. The van der Waals surface area contributed by atoms with Gasteiger partial charge in [0.25, 0.3) is 0 Å². The van der Waals surface area contributed by atoms with Gasteiger partial charge in [0.05, 0.1) is 18.1 Å². The fourth-order valence-electron chi connectivity index (χ4n) is 1.67. The molecule has 1 heterocycles. The Hall–Kier alpha value is -2.90. The van der Waals surface area contributed by atoms with Gasteiger partial charge in [0.1, 0.15) is 5.75 Å². The largest absolute Gasteiger partial charge is 0.496 e. The van der Waals surface area contributed by atoms with Crippen molar-refractivity contribution < 1.29 is 14.4 Å². The van der Waals surface area contributed by atoms with Gasteiger partial charge in [-0.3, -0.25) is 10.1 Å². The first-order valence-corrected chi connectivity index (χ1v) is 6.07. The van der Waals surface area contributed by atoms with E-state index < -0.39 is 4.92 Å². The molecular weight excluding hydrogens is 276 g/mol. The SMILES string of the molecule is CNc1nc(C)cc(Oc2ccc(OC)cc2[N+](=O)[O-])n1. The highest BCUT2D eigenvalue weighted by molar-refractivity contribution is 5.52. The molecule has 0 spiro atoms. The van der Waals surface area contributed by atoms with Crippen LogP contribution in [0.5, 0.6) is 17.4 Å². The summed E-state index contributed by atoms with van der Waals surface area (Å²) in [5, 5.41) is 13.9. The number of anilines is 1. The number of aromatic nitrogens is 2. The number of ether oxygens (including phenoxy) is 2. The van der Waals surface area contributed by atoms with Gasteiger partial charge < -0.3 is 14.8 Å². The Labute approximate surface area is 120 Å². The normalized spacial score (nSPS) is 10.0. The minimum Gasteiger partial charge on any atom is -0.496 e. The third kappa shape index (κ3) is 3.35. The van der Waals surface area contributed by atoms with E-state index in [9.17, 15) is 10.1 Å². The van der Waals surface area contributed by atoms with Gasteiger partial charge in [-0.25, -0.2) is 4.98 Å². The van der Waals surface area contributed by atoms with Crippen molar-refractivity contribution in [2.24, 2.45) is 0 Å². The van der Waals surface area contributed by atoms with Crippen molar-refractivity contribution in [3.8, 4) is 17.4 Å². The Morgan fingerprint density at radius 2 is 2.05 bits per heavy atom. The van der Waals surface area contributed by atoms with Gasteiger partial charge in [-0.1, -0.05) is 0 Å². The number of benzene rings is 1. The molecule has 21 heavy (non-hydrogen) atoms. The molecule has 0 saturated heterocycles. The fraction of sp³-hybridized carbons (Fsp3) is 0.231. The zero-order chi connectivity index (χ0) is 15.4. The molecule has 0 bridgehead atoms. The average molecular weight is 290 g/mol. The van der Waals surface area contributed by atoms with Gasteiger partial charge in [-0.15, -0.1) is 0 Å². The van der Waals surface area contributed by atoms with Crippen molar-refractivity contribution in [1.82, 2.24) is 9.97 Å². The Balaban J connectivity index is 2.39. The van der Waals surface area contributed by atoms with E-state index in [4.69, 9.17) is 9.47 Å². The van der Waals surface area contributed by atoms with E-state index in [0.29, 0.717) is 17.4 Å². The Morgan fingerprint density at radius 1 is 1.29 bits per heavy atom. The van der Waals surface area contributed by atoms with Crippen molar-refractivity contribution >= 4 is 11.6 Å². The molecule has 1 aromatic carbocycles. The highest BCUT2D eigenvalue weighted by atomic mass is 16.6. The molecule has 1 N–H and O–H groups in total. The third-order valence-corrected chi connectivity index (χ3v) is 2.63. The van der Waals surface area contributed by atoms with Crippen LogP contribution in [0.1, 0.15) is 5.69 Å². The summed E-state index contributed by atoms with van der Waals surface area (Å²) in [5.74, 6) is 1.06. The summed E-state index contributed by atoms with van der Waals surface area (Å²) >= 11 is 0.